The Balaban J connectivity index is 0.000000167. The first kappa shape index (κ1) is 33.9. The molecule has 0 aromatic heterocycles. The maximum atomic E-state index is 12.2. The van der Waals surface area contributed by atoms with Crippen LogP contribution in [0.25, 0.3) is 32.7 Å². The van der Waals surface area contributed by atoms with Crippen molar-refractivity contribution in [3.05, 3.63) is 66.1 Å². The molecule has 0 fully saturated rings. The molecular formula is C41H42O8. The van der Waals surface area contributed by atoms with E-state index in [1.54, 1.807) is 13.8 Å². The molecule has 0 amide bonds. The van der Waals surface area contributed by atoms with Crippen LogP contribution in [-0.2, 0) is 19.2 Å². The molecule has 2 unspecified atom stereocenters. The third-order valence-electron chi connectivity index (χ3n) is 11.4. The van der Waals surface area contributed by atoms with Gasteiger partial charge in [-0.25, -0.2) is 9.59 Å². The van der Waals surface area contributed by atoms with Gasteiger partial charge in [-0.3, -0.25) is 9.59 Å². The van der Waals surface area contributed by atoms with Gasteiger partial charge in [-0.15, -0.1) is 0 Å². The van der Waals surface area contributed by atoms with E-state index in [9.17, 15) is 19.2 Å². The van der Waals surface area contributed by atoms with Gasteiger partial charge in [0.25, 0.3) is 0 Å². The lowest BCUT2D eigenvalue weighted by Crippen LogP contribution is -2.15. The molecule has 49 heavy (non-hydrogen) atoms. The van der Waals surface area contributed by atoms with Crippen molar-refractivity contribution in [1.82, 2.24) is 0 Å². The zero-order valence-electron chi connectivity index (χ0n) is 29.4. The summed E-state index contributed by atoms with van der Waals surface area (Å²) < 4.78 is 22.5. The Bertz CT molecular complexity index is 2270. The first-order chi connectivity index (χ1) is 22.5. The lowest BCUT2D eigenvalue weighted by atomic mass is 9.84. The van der Waals surface area contributed by atoms with Gasteiger partial charge >= 0.3 is 23.9 Å². The maximum Gasteiger partial charge on any atom is 0.339 e. The molecule has 0 radical (unpaired) electrons. The van der Waals surface area contributed by atoms with Crippen molar-refractivity contribution >= 4 is 56.6 Å². The highest BCUT2D eigenvalue weighted by Gasteiger charge is 2.40. The monoisotopic (exact) mass is 662 g/mol. The molecule has 0 bridgehead atoms. The maximum absolute atomic E-state index is 12.2. The Kier molecular flexibility index (Phi) is 7.63. The largest absolute Gasteiger partial charge is 0.425 e. The molecule has 0 saturated carbocycles. The predicted octanol–water partition coefficient (Wildman–Crippen LogP) is 7.01. The summed E-state index contributed by atoms with van der Waals surface area (Å²) >= 11 is 0. The van der Waals surface area contributed by atoms with Crippen molar-refractivity contribution in [1.29, 1.82) is 0 Å². The molecule has 4 aliphatic heterocycles. The quantitative estimate of drug-likeness (QED) is 0.146. The van der Waals surface area contributed by atoms with E-state index in [2.05, 4.69) is 0 Å². The summed E-state index contributed by atoms with van der Waals surface area (Å²) in [5.74, 6) is 0.892. The molecule has 4 heterocycles. The molecule has 0 saturated heterocycles. The molecule has 0 N–H and O–H groups in total. The fourth-order valence-electron chi connectivity index (χ4n) is 8.13. The van der Waals surface area contributed by atoms with Gasteiger partial charge in [0.15, 0.2) is 0 Å². The van der Waals surface area contributed by atoms with Crippen molar-refractivity contribution in [2.45, 2.75) is 102 Å². The van der Waals surface area contributed by atoms with Gasteiger partial charge in [0.2, 0.25) is 0 Å². The van der Waals surface area contributed by atoms with Crippen LogP contribution in [0, 0.1) is 55.4 Å². The number of ether oxygens (including phenoxy) is 4. The van der Waals surface area contributed by atoms with Crippen molar-refractivity contribution in [2.24, 2.45) is 0 Å². The number of fused-ring (bicyclic) bond motifs is 10. The molecule has 4 aliphatic rings. The normalized spacial score (nSPS) is 18.4. The number of aryl methyl sites for hydroxylation is 4. The predicted molar refractivity (Wildman–Crippen MR) is 189 cm³/mol. The number of esters is 4. The number of rotatable bonds is 0. The van der Waals surface area contributed by atoms with Crippen LogP contribution < -0.4 is 29.4 Å². The highest BCUT2D eigenvalue weighted by molar-refractivity contribution is 6.19. The third kappa shape index (κ3) is 4.22. The van der Waals surface area contributed by atoms with Crippen molar-refractivity contribution in [3.8, 4) is 23.0 Å². The molecule has 254 valence electrons. The number of hydrogen-bond acceptors (Lipinski definition) is 8. The molecule has 4 aromatic carbocycles. The molecular weight excluding hydrogens is 620 g/mol. The number of benzene rings is 4. The summed E-state index contributed by atoms with van der Waals surface area (Å²) in [6, 6.07) is 0. The molecule has 2 atom stereocenters. The molecule has 4 aromatic rings. The SMILES string of the molecule is C.CC1=c2c(C)c(C)c3c4c(c(C)c(C)c3c2OC1=O)=C(C)C(=O)O4.Cc1c2c(c3c(C)c(C)c4c(c3c1C)OC(=O)C4C)OC(=O)C2C. The van der Waals surface area contributed by atoms with Crippen molar-refractivity contribution in [2.75, 3.05) is 0 Å². The van der Waals surface area contributed by atoms with Crippen molar-refractivity contribution in [3.63, 3.8) is 0 Å². The molecule has 0 spiro atoms. The standard InChI is InChI=1S/C20H20O4.C20H18O4.CH4/c2*1-7-9(3)15-16(17-13(7)11(5)19(21)23-17)10(4)8(2)14-12(6)20(22)24-18(14)15;/h11-12H,1-6H3;1-6H3;1H4. The van der Waals surface area contributed by atoms with E-state index in [0.717, 1.165) is 87.6 Å². The van der Waals surface area contributed by atoms with E-state index in [0.29, 0.717) is 34.1 Å². The molecule has 0 aliphatic carbocycles. The summed E-state index contributed by atoms with van der Waals surface area (Å²) in [5, 5.41) is 5.30. The van der Waals surface area contributed by atoms with Crippen LogP contribution in [0.3, 0.4) is 0 Å². The van der Waals surface area contributed by atoms with Gasteiger partial charge < -0.3 is 18.9 Å². The van der Waals surface area contributed by atoms with E-state index >= 15 is 0 Å². The van der Waals surface area contributed by atoms with Crippen LogP contribution >= 0.6 is 0 Å². The van der Waals surface area contributed by atoms with Crippen molar-refractivity contribution < 1.29 is 38.1 Å². The van der Waals surface area contributed by atoms with Crippen LogP contribution in [0.4, 0.5) is 0 Å². The lowest BCUT2D eigenvalue weighted by Gasteiger charge is -2.19. The Morgan fingerprint density at radius 3 is 1.00 bits per heavy atom. The first-order valence-corrected chi connectivity index (χ1v) is 16.3. The average molecular weight is 663 g/mol. The zero-order valence-corrected chi connectivity index (χ0v) is 29.4. The summed E-state index contributed by atoms with van der Waals surface area (Å²) in [4.78, 5) is 48.6. The minimum absolute atomic E-state index is 0. The fraction of sp³-hybridized carbons (Fsp3) is 0.366. The van der Waals surface area contributed by atoms with Crippen LogP contribution in [-0.4, -0.2) is 23.9 Å². The minimum atomic E-state index is -0.308. The number of carbonyl (C=O) groups excluding carboxylic acids is 4. The Morgan fingerprint density at radius 2 is 0.673 bits per heavy atom. The fourth-order valence-corrected chi connectivity index (χ4v) is 8.13. The van der Waals surface area contributed by atoms with Crippen LogP contribution in [0.15, 0.2) is 0 Å². The van der Waals surface area contributed by atoms with E-state index in [1.807, 2.05) is 69.2 Å². The van der Waals surface area contributed by atoms with E-state index in [-0.39, 0.29) is 43.1 Å². The Labute approximate surface area is 285 Å². The van der Waals surface area contributed by atoms with Gasteiger partial charge in [-0.05, 0) is 128 Å². The third-order valence-corrected chi connectivity index (χ3v) is 11.4. The van der Waals surface area contributed by atoms with E-state index < -0.39 is 0 Å². The van der Waals surface area contributed by atoms with E-state index in [1.165, 1.54) is 0 Å². The molecule has 8 heteroatoms. The van der Waals surface area contributed by atoms with Gasteiger partial charge in [0.05, 0.1) is 11.8 Å². The highest BCUT2D eigenvalue weighted by atomic mass is 16.6. The van der Waals surface area contributed by atoms with Crippen LogP contribution in [0.1, 0.15) is 103 Å². The van der Waals surface area contributed by atoms with Gasteiger partial charge in [0, 0.05) is 54.3 Å². The highest BCUT2D eigenvalue weighted by Crippen LogP contribution is 2.53. The summed E-state index contributed by atoms with van der Waals surface area (Å²) in [5.41, 5.74) is 11.4. The van der Waals surface area contributed by atoms with E-state index in [4.69, 9.17) is 18.9 Å². The van der Waals surface area contributed by atoms with Gasteiger partial charge in [-0.1, -0.05) is 7.43 Å². The second kappa shape index (κ2) is 11.0. The van der Waals surface area contributed by atoms with Gasteiger partial charge in [-0.2, -0.15) is 0 Å². The second-order valence-corrected chi connectivity index (χ2v) is 13.7. The number of hydrogen-bond donors (Lipinski definition) is 0. The topological polar surface area (TPSA) is 105 Å². The zero-order chi connectivity index (χ0) is 35.0. The average Bonchev–Trinajstić information content (AvgIpc) is 3.71. The lowest BCUT2D eigenvalue weighted by molar-refractivity contribution is -0.134. The second-order valence-electron chi connectivity index (χ2n) is 13.7. The summed E-state index contributed by atoms with van der Waals surface area (Å²) in [7, 11) is 0. The smallest absolute Gasteiger partial charge is 0.339 e. The van der Waals surface area contributed by atoms with Gasteiger partial charge in [0.1, 0.15) is 23.0 Å². The molecule has 8 nitrogen and oxygen atoms in total. The van der Waals surface area contributed by atoms with Crippen LogP contribution in [0.5, 0.6) is 23.0 Å². The molecule has 8 rings (SSSR count). The minimum Gasteiger partial charge on any atom is -0.425 e. The first-order valence-electron chi connectivity index (χ1n) is 16.3. The van der Waals surface area contributed by atoms with Crippen LogP contribution in [0.2, 0.25) is 0 Å². The Morgan fingerprint density at radius 1 is 0.388 bits per heavy atom. The summed E-state index contributed by atoms with van der Waals surface area (Å²) in [6.45, 7) is 23.4. The summed E-state index contributed by atoms with van der Waals surface area (Å²) in [6.07, 6.45) is 0. The number of carbonyl (C=O) groups is 4. The Hall–Kier alpha value is -4.98.